The SMILES string of the molecule is CCOc1ccc(CCC(=O)N(Cc2c(Cl)cccc2Cl)[C@@H](Cc2ccccc2)C(=O)N[C@H](C)CC)cc1OCC. The number of benzene rings is 3. The number of carbonyl (C=O) groups is 2. The first-order valence-corrected chi connectivity index (χ1v) is 15.0. The molecule has 0 bridgehead atoms. The first-order chi connectivity index (χ1) is 19.8. The third kappa shape index (κ3) is 9.40. The van der Waals surface area contributed by atoms with Crippen molar-refractivity contribution in [1.82, 2.24) is 10.2 Å². The molecule has 1 N–H and O–H groups in total. The molecule has 0 saturated heterocycles. The standard InChI is InChI=1S/C33H40Cl2N2O4/c1-5-23(4)36-33(39)29(20-24-12-9-8-10-13-24)37(22-26-27(34)14-11-15-28(26)35)32(38)19-17-25-16-18-30(40-6-2)31(21-25)41-7-3/h8-16,18,21,23,29H,5-7,17,19-20,22H2,1-4H3,(H,36,39)/t23-,29+/m1/s1. The lowest BCUT2D eigenvalue weighted by molar-refractivity contribution is -0.141. The van der Waals surface area contributed by atoms with Crippen LogP contribution in [0.2, 0.25) is 10.0 Å². The number of nitrogens with zero attached hydrogens (tertiary/aromatic N) is 1. The maximum atomic E-state index is 14.0. The van der Waals surface area contributed by atoms with Crippen LogP contribution < -0.4 is 14.8 Å². The second-order valence-electron chi connectivity index (χ2n) is 9.89. The maximum absolute atomic E-state index is 14.0. The van der Waals surface area contributed by atoms with Crippen LogP contribution in [0, 0.1) is 0 Å². The first-order valence-electron chi connectivity index (χ1n) is 14.2. The smallest absolute Gasteiger partial charge is 0.243 e. The molecule has 0 aliphatic heterocycles. The van der Waals surface area contributed by atoms with Crippen molar-refractivity contribution in [3.8, 4) is 11.5 Å². The minimum atomic E-state index is -0.759. The summed E-state index contributed by atoms with van der Waals surface area (Å²) < 4.78 is 11.5. The van der Waals surface area contributed by atoms with E-state index in [1.807, 2.05) is 76.2 Å². The van der Waals surface area contributed by atoms with Crippen LogP contribution >= 0.6 is 23.2 Å². The average Bonchev–Trinajstić information content (AvgIpc) is 2.96. The van der Waals surface area contributed by atoms with E-state index >= 15 is 0 Å². The van der Waals surface area contributed by atoms with Gasteiger partial charge in [-0.25, -0.2) is 0 Å². The van der Waals surface area contributed by atoms with Crippen molar-refractivity contribution in [1.29, 1.82) is 0 Å². The first kappa shape index (κ1) is 32.3. The monoisotopic (exact) mass is 598 g/mol. The van der Waals surface area contributed by atoms with Crippen LogP contribution in [0.1, 0.15) is 57.2 Å². The van der Waals surface area contributed by atoms with E-state index in [-0.39, 0.29) is 30.8 Å². The molecule has 2 atom stereocenters. The summed E-state index contributed by atoms with van der Waals surface area (Å²) in [5.74, 6) is 0.936. The second kappa shape index (κ2) is 16.3. The van der Waals surface area contributed by atoms with Gasteiger partial charge in [0.05, 0.1) is 13.2 Å². The van der Waals surface area contributed by atoms with Crippen molar-refractivity contribution < 1.29 is 19.1 Å². The third-order valence-electron chi connectivity index (χ3n) is 6.90. The molecule has 41 heavy (non-hydrogen) atoms. The molecule has 8 heteroatoms. The van der Waals surface area contributed by atoms with Crippen LogP contribution in [0.15, 0.2) is 66.7 Å². The summed E-state index contributed by atoms with van der Waals surface area (Å²) in [6, 6.07) is 19.9. The number of carbonyl (C=O) groups excluding carboxylic acids is 2. The highest BCUT2D eigenvalue weighted by Crippen LogP contribution is 2.30. The molecule has 3 aromatic rings. The Kier molecular flexibility index (Phi) is 12.8. The lowest BCUT2D eigenvalue weighted by Crippen LogP contribution is -2.52. The zero-order chi connectivity index (χ0) is 29.8. The molecule has 0 aliphatic carbocycles. The second-order valence-corrected chi connectivity index (χ2v) is 10.7. The van der Waals surface area contributed by atoms with Crippen molar-refractivity contribution in [3.63, 3.8) is 0 Å². The van der Waals surface area contributed by atoms with E-state index in [1.165, 1.54) is 0 Å². The Morgan fingerprint density at radius 2 is 1.51 bits per heavy atom. The zero-order valence-electron chi connectivity index (χ0n) is 24.3. The highest BCUT2D eigenvalue weighted by Gasteiger charge is 2.31. The highest BCUT2D eigenvalue weighted by molar-refractivity contribution is 6.36. The third-order valence-corrected chi connectivity index (χ3v) is 7.61. The Hall–Kier alpha value is -3.22. The molecule has 0 aliphatic rings. The van der Waals surface area contributed by atoms with Gasteiger partial charge in [0.2, 0.25) is 11.8 Å². The normalized spacial score (nSPS) is 12.3. The molecule has 3 rings (SSSR count). The van der Waals surface area contributed by atoms with E-state index in [0.29, 0.717) is 53.2 Å². The molecule has 0 heterocycles. The molecule has 0 unspecified atom stereocenters. The van der Waals surface area contributed by atoms with Gasteiger partial charge in [-0.05, 0) is 69.0 Å². The average molecular weight is 600 g/mol. The van der Waals surface area contributed by atoms with Gasteiger partial charge in [0.25, 0.3) is 0 Å². The summed E-state index contributed by atoms with van der Waals surface area (Å²) in [6.45, 7) is 8.94. The summed E-state index contributed by atoms with van der Waals surface area (Å²) in [4.78, 5) is 29.4. The molecule has 0 spiro atoms. The van der Waals surface area contributed by atoms with E-state index in [9.17, 15) is 9.59 Å². The predicted octanol–water partition coefficient (Wildman–Crippen LogP) is 7.28. The van der Waals surface area contributed by atoms with Gasteiger partial charge in [-0.3, -0.25) is 9.59 Å². The highest BCUT2D eigenvalue weighted by atomic mass is 35.5. The molecule has 6 nitrogen and oxygen atoms in total. The van der Waals surface area contributed by atoms with Crippen molar-refractivity contribution in [3.05, 3.63) is 93.5 Å². The minimum Gasteiger partial charge on any atom is -0.490 e. The fourth-order valence-electron chi connectivity index (χ4n) is 4.49. The van der Waals surface area contributed by atoms with Gasteiger partial charge in [0.15, 0.2) is 11.5 Å². The molecule has 2 amide bonds. The largest absolute Gasteiger partial charge is 0.490 e. The summed E-state index contributed by atoms with van der Waals surface area (Å²) in [7, 11) is 0. The van der Waals surface area contributed by atoms with Crippen LogP contribution in [0.25, 0.3) is 0 Å². The summed E-state index contributed by atoms with van der Waals surface area (Å²) >= 11 is 13.1. The maximum Gasteiger partial charge on any atom is 0.243 e. The number of rotatable bonds is 15. The Bertz CT molecular complexity index is 1270. The van der Waals surface area contributed by atoms with Gasteiger partial charge in [-0.15, -0.1) is 0 Å². The number of ether oxygens (including phenoxy) is 2. The summed E-state index contributed by atoms with van der Waals surface area (Å²) in [5, 5.41) is 3.98. The fourth-order valence-corrected chi connectivity index (χ4v) is 5.01. The number of halogens is 2. The van der Waals surface area contributed by atoms with Crippen LogP contribution in [0.5, 0.6) is 11.5 Å². The lowest BCUT2D eigenvalue weighted by atomic mass is 10.0. The van der Waals surface area contributed by atoms with Crippen LogP contribution in [0.4, 0.5) is 0 Å². The Labute approximate surface area is 253 Å². The number of aryl methyl sites for hydroxylation is 1. The number of hydrogen-bond donors (Lipinski definition) is 1. The molecular weight excluding hydrogens is 559 g/mol. The molecule has 0 aromatic heterocycles. The Balaban J connectivity index is 1.95. The Morgan fingerprint density at radius 1 is 0.854 bits per heavy atom. The van der Waals surface area contributed by atoms with Crippen molar-refractivity contribution in [2.45, 2.75) is 72.0 Å². The minimum absolute atomic E-state index is 0.0394. The van der Waals surface area contributed by atoms with Crippen molar-refractivity contribution >= 4 is 35.0 Å². The molecule has 0 saturated carbocycles. The molecule has 0 fully saturated rings. The Morgan fingerprint density at radius 3 is 2.15 bits per heavy atom. The molecular formula is C33H40Cl2N2O4. The van der Waals surface area contributed by atoms with E-state index in [1.54, 1.807) is 23.1 Å². The van der Waals surface area contributed by atoms with Crippen LogP contribution in [0.3, 0.4) is 0 Å². The number of amides is 2. The lowest BCUT2D eigenvalue weighted by Gasteiger charge is -2.33. The van der Waals surface area contributed by atoms with Crippen molar-refractivity contribution in [2.75, 3.05) is 13.2 Å². The topological polar surface area (TPSA) is 67.9 Å². The van der Waals surface area contributed by atoms with Crippen LogP contribution in [-0.4, -0.2) is 42.0 Å². The van der Waals surface area contributed by atoms with E-state index in [4.69, 9.17) is 32.7 Å². The predicted molar refractivity (Wildman–Crippen MR) is 166 cm³/mol. The quantitative estimate of drug-likeness (QED) is 0.199. The summed E-state index contributed by atoms with van der Waals surface area (Å²) in [6.07, 6.45) is 1.77. The van der Waals surface area contributed by atoms with Gasteiger partial charge < -0.3 is 19.7 Å². The van der Waals surface area contributed by atoms with Gasteiger partial charge in [0.1, 0.15) is 6.04 Å². The van der Waals surface area contributed by atoms with Gasteiger partial charge in [0, 0.05) is 41.0 Å². The van der Waals surface area contributed by atoms with E-state index in [0.717, 1.165) is 17.5 Å². The van der Waals surface area contributed by atoms with Crippen molar-refractivity contribution in [2.24, 2.45) is 0 Å². The fraction of sp³-hybridized carbons (Fsp3) is 0.394. The van der Waals surface area contributed by atoms with E-state index in [2.05, 4.69) is 5.32 Å². The van der Waals surface area contributed by atoms with Crippen LogP contribution in [-0.2, 0) is 29.0 Å². The molecule has 3 aromatic carbocycles. The van der Waals surface area contributed by atoms with Gasteiger partial charge in [-0.1, -0.05) is 72.6 Å². The van der Waals surface area contributed by atoms with Gasteiger partial charge in [-0.2, -0.15) is 0 Å². The molecule has 220 valence electrons. The molecule has 0 radical (unpaired) electrons. The summed E-state index contributed by atoms with van der Waals surface area (Å²) in [5.41, 5.74) is 2.50. The van der Waals surface area contributed by atoms with E-state index < -0.39 is 6.04 Å². The number of nitrogens with one attached hydrogen (secondary N) is 1. The number of hydrogen-bond acceptors (Lipinski definition) is 4. The zero-order valence-corrected chi connectivity index (χ0v) is 25.8. The van der Waals surface area contributed by atoms with Gasteiger partial charge >= 0.3 is 0 Å².